The van der Waals surface area contributed by atoms with Crippen molar-refractivity contribution in [3.63, 3.8) is 0 Å². The van der Waals surface area contributed by atoms with Crippen LogP contribution in [0.2, 0.25) is 0 Å². The average Bonchev–Trinajstić information content (AvgIpc) is 3.49. The van der Waals surface area contributed by atoms with Crippen molar-refractivity contribution in [1.82, 2.24) is 29.1 Å². The third kappa shape index (κ3) is 3.82. The molecule has 0 aliphatic carbocycles. The van der Waals surface area contributed by atoms with Crippen LogP contribution < -0.4 is 5.32 Å². The van der Waals surface area contributed by atoms with E-state index in [9.17, 15) is 4.79 Å². The number of nitrogens with one attached hydrogen (secondary N) is 1. The second kappa shape index (κ2) is 8.36. The molecule has 1 amide bonds. The van der Waals surface area contributed by atoms with Gasteiger partial charge in [0.1, 0.15) is 0 Å². The van der Waals surface area contributed by atoms with Gasteiger partial charge >= 0.3 is 0 Å². The minimum atomic E-state index is -0.250. The van der Waals surface area contributed by atoms with Crippen LogP contribution in [-0.4, -0.2) is 72.6 Å². The van der Waals surface area contributed by atoms with E-state index in [1.807, 2.05) is 6.92 Å². The summed E-state index contributed by atoms with van der Waals surface area (Å²) in [6.45, 7) is 6.47. The Kier molecular flexibility index (Phi) is 5.80. The number of aromatic nitrogens is 4. The molecule has 4 atom stereocenters. The molecule has 2 aromatic rings. The number of aryl methyl sites for hydroxylation is 2. The van der Waals surface area contributed by atoms with Crippen LogP contribution in [0.4, 0.5) is 0 Å². The first-order chi connectivity index (χ1) is 14.5. The lowest BCUT2D eigenvalue weighted by Gasteiger charge is -2.29. The van der Waals surface area contributed by atoms with E-state index >= 15 is 0 Å². The Labute approximate surface area is 177 Å². The molecule has 162 valence electrons. The Balaban J connectivity index is 0.000000687. The molecule has 3 fully saturated rings. The lowest BCUT2D eigenvalue weighted by molar-refractivity contribution is -0.122. The SMILES string of the molecule is Cc1nc(CN2C[C@@H]3[C@H](CNC(=O)c4nsnc4C)[C@H]4CC[C@]3(C2)O4)no1.O=CO. The predicted octanol–water partition coefficient (Wildman–Crippen LogP) is 0.648. The fraction of sp³-hybridized carbons (Fsp3) is 0.667. The Morgan fingerprint density at radius 3 is 2.90 bits per heavy atom. The van der Waals surface area contributed by atoms with Crippen molar-refractivity contribution in [2.24, 2.45) is 11.8 Å². The number of rotatable bonds is 5. The van der Waals surface area contributed by atoms with Gasteiger partial charge < -0.3 is 19.7 Å². The molecule has 11 nitrogen and oxygen atoms in total. The molecule has 12 heteroatoms. The van der Waals surface area contributed by atoms with Crippen molar-refractivity contribution in [2.45, 2.75) is 44.9 Å². The van der Waals surface area contributed by atoms with Crippen LogP contribution >= 0.6 is 11.7 Å². The molecule has 3 aliphatic heterocycles. The predicted molar refractivity (Wildman–Crippen MR) is 104 cm³/mol. The number of carbonyl (C=O) groups is 2. The maximum absolute atomic E-state index is 12.4. The van der Waals surface area contributed by atoms with E-state index in [1.54, 1.807) is 6.92 Å². The summed E-state index contributed by atoms with van der Waals surface area (Å²) < 4.78 is 19.7. The van der Waals surface area contributed by atoms with E-state index in [1.165, 1.54) is 0 Å². The maximum Gasteiger partial charge on any atom is 0.290 e. The van der Waals surface area contributed by atoms with Crippen molar-refractivity contribution in [3.8, 4) is 0 Å². The van der Waals surface area contributed by atoms with Gasteiger partial charge in [0.05, 0.1) is 35.7 Å². The van der Waals surface area contributed by atoms with Crippen LogP contribution in [0.5, 0.6) is 0 Å². The molecule has 2 N–H and O–H groups in total. The largest absolute Gasteiger partial charge is 0.483 e. The minimum Gasteiger partial charge on any atom is -0.483 e. The second-order valence-corrected chi connectivity index (χ2v) is 8.47. The Hall–Kier alpha value is -2.44. The number of nitrogens with zero attached hydrogens (tertiary/aromatic N) is 5. The van der Waals surface area contributed by atoms with Gasteiger partial charge in [-0.25, -0.2) is 0 Å². The van der Waals surface area contributed by atoms with E-state index in [4.69, 9.17) is 19.2 Å². The van der Waals surface area contributed by atoms with Gasteiger partial charge in [-0.05, 0) is 19.8 Å². The summed E-state index contributed by atoms with van der Waals surface area (Å²) in [7, 11) is 0. The molecular weight excluding hydrogens is 412 g/mol. The molecule has 30 heavy (non-hydrogen) atoms. The highest BCUT2D eigenvalue weighted by molar-refractivity contribution is 6.99. The van der Waals surface area contributed by atoms with Crippen molar-refractivity contribution >= 4 is 24.1 Å². The number of carboxylic acid groups (broad SMARTS) is 1. The zero-order chi connectivity index (χ0) is 21.3. The quantitative estimate of drug-likeness (QED) is 0.641. The van der Waals surface area contributed by atoms with Crippen LogP contribution in [0.15, 0.2) is 4.52 Å². The highest BCUT2D eigenvalue weighted by Crippen LogP contribution is 2.54. The number of hydrogen-bond acceptors (Lipinski definition) is 10. The van der Waals surface area contributed by atoms with Gasteiger partial charge in [0.15, 0.2) is 11.5 Å². The molecule has 0 aromatic carbocycles. The van der Waals surface area contributed by atoms with Gasteiger partial charge in [-0.2, -0.15) is 13.7 Å². The number of amides is 1. The van der Waals surface area contributed by atoms with Crippen LogP contribution in [0.25, 0.3) is 0 Å². The normalized spacial score (nSPS) is 29.3. The molecule has 2 bridgehead atoms. The Morgan fingerprint density at radius 1 is 1.43 bits per heavy atom. The maximum atomic E-state index is 12.4. The summed E-state index contributed by atoms with van der Waals surface area (Å²) in [5.41, 5.74) is 1.02. The average molecular weight is 436 g/mol. The molecule has 0 unspecified atom stereocenters. The summed E-state index contributed by atoms with van der Waals surface area (Å²) in [5, 5.41) is 14.0. The molecule has 2 aromatic heterocycles. The van der Waals surface area contributed by atoms with Gasteiger partial charge in [0.2, 0.25) is 5.89 Å². The number of hydrogen-bond donors (Lipinski definition) is 2. The first-order valence-electron chi connectivity index (χ1n) is 9.80. The van der Waals surface area contributed by atoms with Crippen LogP contribution in [-0.2, 0) is 16.1 Å². The lowest BCUT2D eigenvalue weighted by atomic mass is 9.73. The standard InChI is InChI=1S/C17H22N6O3S.CH2O2/c1-9-15(22-27-21-9)16(24)18-5-11-12-6-23(7-14-19-10(2)26-20-14)8-17(12)4-3-13(11)25-17;2-1-3/h11-13H,3-8H2,1-2H3,(H,18,24);1H,(H,2,3)/t11-,12+,13+,17+;/m0./s1. The van der Waals surface area contributed by atoms with E-state index in [2.05, 4.69) is 29.1 Å². The zero-order valence-corrected chi connectivity index (χ0v) is 17.6. The molecular formula is C18H24N6O5S. The molecule has 0 saturated carbocycles. The second-order valence-electron chi connectivity index (χ2n) is 7.94. The fourth-order valence-electron chi connectivity index (χ4n) is 5.02. The summed E-state index contributed by atoms with van der Waals surface area (Å²) in [4.78, 5) is 27.4. The number of carbonyl (C=O) groups excluding carboxylic acids is 1. The van der Waals surface area contributed by atoms with Gasteiger partial charge in [-0.3, -0.25) is 14.5 Å². The van der Waals surface area contributed by atoms with Crippen molar-refractivity contribution in [1.29, 1.82) is 0 Å². The van der Waals surface area contributed by atoms with Crippen molar-refractivity contribution in [3.05, 3.63) is 23.1 Å². The molecule has 5 heterocycles. The minimum absolute atomic E-state index is 0.0864. The van der Waals surface area contributed by atoms with E-state index in [-0.39, 0.29) is 24.1 Å². The van der Waals surface area contributed by atoms with Crippen LogP contribution in [0.3, 0.4) is 0 Å². The Bertz CT molecular complexity index is 919. The number of fused-ring (bicyclic) bond motifs is 1. The van der Waals surface area contributed by atoms with E-state index in [0.29, 0.717) is 42.2 Å². The number of likely N-dealkylation sites (tertiary alicyclic amines) is 1. The van der Waals surface area contributed by atoms with E-state index in [0.717, 1.165) is 43.5 Å². The first kappa shape index (κ1) is 20.8. The highest BCUT2D eigenvalue weighted by Gasteiger charge is 2.62. The number of ether oxygens (including phenoxy) is 1. The van der Waals surface area contributed by atoms with Crippen LogP contribution in [0, 0.1) is 25.7 Å². The third-order valence-corrected chi connectivity index (χ3v) is 6.77. The van der Waals surface area contributed by atoms with Crippen LogP contribution in [0.1, 0.15) is 40.7 Å². The zero-order valence-electron chi connectivity index (χ0n) is 16.8. The summed E-state index contributed by atoms with van der Waals surface area (Å²) in [6.07, 6.45) is 2.38. The van der Waals surface area contributed by atoms with Crippen molar-refractivity contribution in [2.75, 3.05) is 19.6 Å². The highest BCUT2D eigenvalue weighted by atomic mass is 32.1. The van der Waals surface area contributed by atoms with E-state index < -0.39 is 0 Å². The summed E-state index contributed by atoms with van der Waals surface area (Å²) >= 11 is 1.07. The molecule has 1 spiro atoms. The summed E-state index contributed by atoms with van der Waals surface area (Å²) in [6, 6.07) is 0. The molecule has 0 radical (unpaired) electrons. The third-order valence-electron chi connectivity index (χ3n) is 6.16. The van der Waals surface area contributed by atoms with Gasteiger partial charge in [-0.15, -0.1) is 0 Å². The van der Waals surface area contributed by atoms with Crippen molar-refractivity contribution < 1.29 is 24.0 Å². The Morgan fingerprint density at radius 2 is 2.23 bits per heavy atom. The monoisotopic (exact) mass is 436 g/mol. The lowest BCUT2D eigenvalue weighted by Crippen LogP contribution is -2.42. The topological polar surface area (TPSA) is 144 Å². The fourth-order valence-corrected chi connectivity index (χ4v) is 5.56. The summed E-state index contributed by atoms with van der Waals surface area (Å²) in [5.74, 6) is 1.91. The van der Waals surface area contributed by atoms with Gasteiger partial charge in [0.25, 0.3) is 12.4 Å². The molecule has 5 rings (SSSR count). The smallest absolute Gasteiger partial charge is 0.290 e. The molecule has 3 saturated heterocycles. The first-order valence-corrected chi connectivity index (χ1v) is 10.5. The molecule has 3 aliphatic rings. The van der Waals surface area contributed by atoms with Gasteiger partial charge in [0, 0.05) is 38.4 Å². The van der Waals surface area contributed by atoms with Gasteiger partial charge in [-0.1, -0.05) is 5.16 Å².